The van der Waals surface area contributed by atoms with Gasteiger partial charge < -0.3 is 18.3 Å². The van der Waals surface area contributed by atoms with E-state index in [4.69, 9.17) is 9.97 Å². The first-order valence-corrected chi connectivity index (χ1v) is 30.1. The normalized spacial score (nSPS) is 11.9. The van der Waals surface area contributed by atoms with Gasteiger partial charge in [0.2, 0.25) is 0 Å². The number of hydrogen-bond acceptors (Lipinski definition) is 2. The molecular formula is C82H52N6. The van der Waals surface area contributed by atoms with Crippen molar-refractivity contribution in [2.75, 3.05) is 0 Å². The number of benzene rings is 13. The predicted molar refractivity (Wildman–Crippen MR) is 367 cm³/mol. The van der Waals surface area contributed by atoms with Gasteiger partial charge in [-0.25, -0.2) is 9.97 Å². The molecule has 0 spiro atoms. The predicted octanol–water partition coefficient (Wildman–Crippen LogP) is 21.2. The van der Waals surface area contributed by atoms with Crippen LogP contribution in [0.25, 0.3) is 166 Å². The summed E-state index contributed by atoms with van der Waals surface area (Å²) < 4.78 is 9.80. The fraction of sp³-hybridized carbons (Fsp3) is 0. The maximum Gasteiger partial charge on any atom is 0.160 e. The van der Waals surface area contributed by atoms with Gasteiger partial charge in [-0.15, -0.1) is 0 Å². The van der Waals surface area contributed by atoms with Gasteiger partial charge in [0.15, 0.2) is 5.82 Å². The zero-order valence-electron chi connectivity index (χ0n) is 47.7. The van der Waals surface area contributed by atoms with Crippen LogP contribution in [0.2, 0.25) is 0 Å². The first kappa shape index (κ1) is 49.6. The molecule has 0 aliphatic heterocycles. The Labute approximate surface area is 507 Å². The standard InChI is InChI=1S/C82H52N6/c1-3-23-53(24-4-1)71-52-72(54-25-5-2-6-26-54)84-82(83-71)57-49-68(55-27-21-29-58(47-55)85-73-38-14-7-31-61(73)62-32-8-15-39-74(62)85)81(69(50-57)56-28-22-30-59(48-56)86-75-40-16-9-33-63(75)64-34-10-17-41-76(64)86)88-79-44-20-13-37-67(79)70-51-60(45-46-80(70)88)87-77-42-18-11-35-65(77)66-36-12-19-43-78(66)87/h1-52H. The van der Waals surface area contributed by atoms with Crippen molar-refractivity contribution in [2.45, 2.75) is 0 Å². The topological polar surface area (TPSA) is 45.5 Å². The van der Waals surface area contributed by atoms with Gasteiger partial charge in [-0.1, -0.05) is 212 Å². The molecule has 0 unspecified atom stereocenters. The maximum atomic E-state index is 5.56. The summed E-state index contributed by atoms with van der Waals surface area (Å²) in [6, 6.07) is 115. The van der Waals surface area contributed by atoms with Gasteiger partial charge in [-0.3, -0.25) is 0 Å². The van der Waals surface area contributed by atoms with Crippen molar-refractivity contribution in [3.8, 4) is 78.9 Å². The third-order valence-electron chi connectivity index (χ3n) is 17.9. The molecule has 410 valence electrons. The van der Waals surface area contributed by atoms with E-state index >= 15 is 0 Å². The Kier molecular flexibility index (Phi) is 11.2. The Morgan fingerprint density at radius 1 is 0.193 bits per heavy atom. The van der Waals surface area contributed by atoms with Crippen LogP contribution in [0.15, 0.2) is 315 Å². The van der Waals surface area contributed by atoms with Gasteiger partial charge in [-0.2, -0.15) is 0 Å². The van der Waals surface area contributed by atoms with Crippen LogP contribution in [0.3, 0.4) is 0 Å². The second-order valence-electron chi connectivity index (χ2n) is 22.9. The van der Waals surface area contributed by atoms with Crippen LogP contribution in [-0.2, 0) is 0 Å². The molecule has 88 heavy (non-hydrogen) atoms. The van der Waals surface area contributed by atoms with Crippen LogP contribution >= 0.6 is 0 Å². The van der Waals surface area contributed by atoms with Crippen LogP contribution in [0.5, 0.6) is 0 Å². The Morgan fingerprint density at radius 3 is 0.886 bits per heavy atom. The lowest BCUT2D eigenvalue weighted by Gasteiger charge is -2.22. The molecule has 13 aromatic carbocycles. The second-order valence-corrected chi connectivity index (χ2v) is 22.9. The first-order chi connectivity index (χ1) is 43.7. The lowest BCUT2D eigenvalue weighted by atomic mass is 9.91. The Bertz CT molecular complexity index is 5420. The van der Waals surface area contributed by atoms with Gasteiger partial charge in [0.25, 0.3) is 0 Å². The number of fused-ring (bicyclic) bond motifs is 12. The van der Waals surface area contributed by atoms with Crippen LogP contribution in [0, 0.1) is 0 Å². The third kappa shape index (κ3) is 7.76. The highest BCUT2D eigenvalue weighted by atomic mass is 15.0. The molecule has 0 bridgehead atoms. The molecule has 6 nitrogen and oxygen atoms in total. The summed E-state index contributed by atoms with van der Waals surface area (Å²) in [6.07, 6.45) is 0. The third-order valence-corrected chi connectivity index (χ3v) is 17.9. The molecule has 0 amide bonds. The zero-order chi connectivity index (χ0) is 57.8. The summed E-state index contributed by atoms with van der Waals surface area (Å²) in [7, 11) is 0. The van der Waals surface area contributed by atoms with Crippen LogP contribution in [0.1, 0.15) is 0 Å². The minimum atomic E-state index is 0.629. The highest BCUT2D eigenvalue weighted by Crippen LogP contribution is 2.47. The van der Waals surface area contributed by atoms with Gasteiger partial charge in [0, 0.05) is 88.0 Å². The highest BCUT2D eigenvalue weighted by Gasteiger charge is 2.26. The second kappa shape index (κ2) is 19.9. The minimum absolute atomic E-state index is 0.629. The molecule has 0 aliphatic rings. The summed E-state index contributed by atoms with van der Waals surface area (Å²) in [5, 5.41) is 9.63. The summed E-state index contributed by atoms with van der Waals surface area (Å²) in [5.74, 6) is 0.629. The summed E-state index contributed by atoms with van der Waals surface area (Å²) in [5.41, 5.74) is 22.2. The molecular weight excluding hydrogens is 1070 g/mol. The van der Waals surface area contributed by atoms with Gasteiger partial charge in [-0.05, 0) is 114 Å². The molecule has 5 aromatic heterocycles. The zero-order valence-corrected chi connectivity index (χ0v) is 47.7. The number of para-hydroxylation sites is 7. The monoisotopic (exact) mass is 1120 g/mol. The van der Waals surface area contributed by atoms with E-state index in [0.29, 0.717) is 5.82 Å². The highest BCUT2D eigenvalue weighted by molar-refractivity contribution is 6.14. The molecule has 0 atom stereocenters. The van der Waals surface area contributed by atoms with Crippen LogP contribution in [-0.4, -0.2) is 28.2 Å². The molecule has 0 saturated carbocycles. The fourth-order valence-corrected chi connectivity index (χ4v) is 14.1. The minimum Gasteiger partial charge on any atom is -0.309 e. The molecule has 0 saturated heterocycles. The van der Waals surface area contributed by atoms with Crippen molar-refractivity contribution < 1.29 is 0 Å². The van der Waals surface area contributed by atoms with Crippen molar-refractivity contribution >= 4 is 87.2 Å². The van der Waals surface area contributed by atoms with E-state index in [2.05, 4.69) is 334 Å². The fourth-order valence-electron chi connectivity index (χ4n) is 14.1. The Hall–Kier alpha value is -11.9. The van der Waals surface area contributed by atoms with Crippen molar-refractivity contribution in [3.05, 3.63) is 315 Å². The number of nitrogens with zero attached hydrogens (tertiary/aromatic N) is 6. The van der Waals surface area contributed by atoms with E-state index in [9.17, 15) is 0 Å². The van der Waals surface area contributed by atoms with E-state index in [1.54, 1.807) is 0 Å². The van der Waals surface area contributed by atoms with E-state index in [0.717, 1.165) is 117 Å². The van der Waals surface area contributed by atoms with Gasteiger partial charge in [0.1, 0.15) is 0 Å². The van der Waals surface area contributed by atoms with Crippen molar-refractivity contribution in [2.24, 2.45) is 0 Å². The Morgan fingerprint density at radius 2 is 0.500 bits per heavy atom. The molecule has 0 radical (unpaired) electrons. The average molecular weight is 1120 g/mol. The van der Waals surface area contributed by atoms with Gasteiger partial charge >= 0.3 is 0 Å². The molecule has 5 heterocycles. The van der Waals surface area contributed by atoms with E-state index in [-0.39, 0.29) is 0 Å². The molecule has 0 aliphatic carbocycles. The number of hydrogen-bond donors (Lipinski definition) is 0. The number of rotatable bonds is 9. The van der Waals surface area contributed by atoms with Crippen LogP contribution < -0.4 is 0 Å². The molecule has 6 heteroatoms. The van der Waals surface area contributed by atoms with E-state index in [1.165, 1.54) is 43.4 Å². The maximum absolute atomic E-state index is 5.56. The molecule has 18 rings (SSSR count). The first-order valence-electron chi connectivity index (χ1n) is 30.1. The lowest BCUT2D eigenvalue weighted by molar-refractivity contribution is 1.15. The van der Waals surface area contributed by atoms with Crippen LogP contribution in [0.4, 0.5) is 0 Å². The molecule has 0 fully saturated rings. The Balaban J connectivity index is 0.971. The largest absolute Gasteiger partial charge is 0.309 e. The SMILES string of the molecule is c1ccc(-c2cc(-c3ccccc3)nc(-c3cc(-c4cccc(-n5c6ccccc6c6ccccc65)c4)c(-n4c5ccccc5c5cc(-n6c7ccccc7c7ccccc76)ccc54)c(-c4cccc(-n5c6ccccc6c6ccccc65)c4)c3)n2)cc1. The van der Waals surface area contributed by atoms with Crippen molar-refractivity contribution in [1.29, 1.82) is 0 Å². The van der Waals surface area contributed by atoms with Crippen molar-refractivity contribution in [1.82, 2.24) is 28.2 Å². The average Bonchev–Trinajstić information content (AvgIpc) is 2.83. The number of aromatic nitrogens is 6. The van der Waals surface area contributed by atoms with E-state index in [1.807, 2.05) is 0 Å². The van der Waals surface area contributed by atoms with Crippen molar-refractivity contribution in [3.63, 3.8) is 0 Å². The summed E-state index contributed by atoms with van der Waals surface area (Å²) in [6.45, 7) is 0. The molecule has 0 N–H and O–H groups in total. The van der Waals surface area contributed by atoms with E-state index < -0.39 is 0 Å². The molecule has 18 aromatic rings. The lowest BCUT2D eigenvalue weighted by Crippen LogP contribution is -2.04. The summed E-state index contributed by atoms with van der Waals surface area (Å²) >= 11 is 0. The summed E-state index contributed by atoms with van der Waals surface area (Å²) in [4.78, 5) is 11.1. The quantitative estimate of drug-likeness (QED) is 0.145. The smallest absolute Gasteiger partial charge is 0.160 e. The van der Waals surface area contributed by atoms with Gasteiger partial charge in [0.05, 0.1) is 61.2 Å².